The van der Waals surface area contributed by atoms with Crippen LogP contribution in [-0.4, -0.2) is 109 Å². The molecule has 0 saturated carbocycles. The summed E-state index contributed by atoms with van der Waals surface area (Å²) in [5.41, 5.74) is 0.760. The van der Waals surface area contributed by atoms with Gasteiger partial charge < -0.3 is 60.0 Å². The summed E-state index contributed by atoms with van der Waals surface area (Å²) in [7, 11) is 0. The van der Waals surface area contributed by atoms with Gasteiger partial charge in [-0.05, 0) is 36.8 Å². The maximum absolute atomic E-state index is 10.0. The van der Waals surface area contributed by atoms with E-state index in [0.717, 1.165) is 5.56 Å². The third-order valence-electron chi connectivity index (χ3n) is 5.49. The summed E-state index contributed by atoms with van der Waals surface area (Å²) in [5, 5.41) is 71.1. The first-order valence-electron chi connectivity index (χ1n) is 10.3. The van der Waals surface area contributed by atoms with E-state index >= 15 is 0 Å². The number of hydrogen-bond acceptors (Lipinski definition) is 12. The average Bonchev–Trinajstić information content (AvgIpc) is 2.81. The quantitative estimate of drug-likeness (QED) is 0.189. The number of rotatable bonds is 6. The van der Waals surface area contributed by atoms with Gasteiger partial charge in [-0.3, -0.25) is 0 Å². The molecule has 2 saturated heterocycles. The summed E-state index contributed by atoms with van der Waals surface area (Å²) < 4.78 is 21.5. The maximum Gasteiger partial charge on any atom is 0.259 e. The highest BCUT2D eigenvalue weighted by Crippen LogP contribution is 2.25. The van der Waals surface area contributed by atoms with Crippen LogP contribution in [0.3, 0.4) is 0 Å². The molecule has 2 aliphatic rings. The lowest BCUT2D eigenvalue weighted by atomic mass is 9.99. The number of ether oxygens (including phenoxy) is 4. The lowest BCUT2D eigenvalue weighted by molar-refractivity contribution is -0.281. The van der Waals surface area contributed by atoms with E-state index in [4.69, 9.17) is 31.2 Å². The average molecular weight is 492 g/mol. The lowest BCUT2D eigenvalue weighted by Gasteiger charge is -2.39. The van der Waals surface area contributed by atoms with Gasteiger partial charge in [-0.25, -0.2) is 0 Å². The fourth-order valence-corrected chi connectivity index (χ4v) is 3.58. The van der Waals surface area contributed by atoms with Gasteiger partial charge in [0.1, 0.15) is 48.5 Å². The summed E-state index contributed by atoms with van der Waals surface area (Å²) in [5.74, 6) is 0.360. The monoisotopic (exact) mass is 491 g/mol. The molecule has 0 bridgehead atoms. The Balaban J connectivity index is 1.49. The van der Waals surface area contributed by atoms with Crippen molar-refractivity contribution >= 4 is 17.4 Å². The first kappa shape index (κ1) is 26.0. The summed E-state index contributed by atoms with van der Waals surface area (Å²) in [6.07, 6.45) is -13.0. The topological polar surface area (TPSA) is 191 Å². The van der Waals surface area contributed by atoms with Gasteiger partial charge in [-0.15, -0.1) is 0 Å². The van der Waals surface area contributed by atoms with E-state index in [1.54, 1.807) is 31.2 Å². The van der Waals surface area contributed by atoms with Crippen molar-refractivity contribution in [1.82, 2.24) is 5.32 Å². The number of benzene rings is 1. The standard InChI is InChI=1S/C20H29NO11S/c1-8-12(23)14(25)16(27)18(29-8)30-10-4-2-9(3-5-10)6-21-20(33)32-19-17(28)15(26)13(24)11(7-22)31-19/h2-5,8,11-19,22-28H,6-7H2,1H3,(H,21,33)/t8-,11+,12-,13+,14+,15-,16+,17+,18+,19+/m0/s1. The van der Waals surface area contributed by atoms with Crippen LogP contribution in [0.5, 0.6) is 5.75 Å². The number of thiocarbonyl (C=S) groups is 1. The molecule has 10 atom stereocenters. The van der Waals surface area contributed by atoms with Crippen molar-refractivity contribution in [2.75, 3.05) is 6.61 Å². The minimum absolute atomic E-state index is 0.139. The summed E-state index contributed by atoms with van der Waals surface area (Å²) in [4.78, 5) is 0. The maximum atomic E-state index is 10.0. The van der Waals surface area contributed by atoms with E-state index < -0.39 is 68.0 Å². The molecule has 0 unspecified atom stereocenters. The molecule has 0 spiro atoms. The van der Waals surface area contributed by atoms with Crippen molar-refractivity contribution in [1.29, 1.82) is 0 Å². The number of hydrogen-bond donors (Lipinski definition) is 8. The molecular formula is C20H29NO11S. The fraction of sp³-hybridized carbons (Fsp3) is 0.650. The van der Waals surface area contributed by atoms with Gasteiger partial charge in [-0.2, -0.15) is 0 Å². The van der Waals surface area contributed by atoms with Crippen molar-refractivity contribution in [3.8, 4) is 5.75 Å². The van der Waals surface area contributed by atoms with Gasteiger partial charge in [0.25, 0.3) is 5.17 Å². The molecule has 186 valence electrons. The second kappa shape index (κ2) is 11.2. The van der Waals surface area contributed by atoms with Gasteiger partial charge >= 0.3 is 0 Å². The number of nitrogens with one attached hydrogen (secondary N) is 1. The molecule has 12 nitrogen and oxygen atoms in total. The van der Waals surface area contributed by atoms with Crippen LogP contribution in [0.2, 0.25) is 0 Å². The van der Waals surface area contributed by atoms with E-state index in [-0.39, 0.29) is 11.7 Å². The molecule has 2 fully saturated rings. The zero-order chi connectivity index (χ0) is 24.3. The highest BCUT2D eigenvalue weighted by atomic mass is 32.1. The summed E-state index contributed by atoms with van der Waals surface area (Å²) in [6.45, 7) is 1.20. The van der Waals surface area contributed by atoms with E-state index in [2.05, 4.69) is 5.32 Å². The molecule has 3 rings (SSSR count). The molecule has 0 aromatic heterocycles. The Labute approximate surface area is 194 Å². The molecule has 33 heavy (non-hydrogen) atoms. The van der Waals surface area contributed by atoms with Crippen molar-refractivity contribution in [2.45, 2.75) is 74.9 Å². The molecule has 0 amide bonds. The zero-order valence-corrected chi connectivity index (χ0v) is 18.5. The second-order valence-corrected chi connectivity index (χ2v) is 8.27. The Bertz CT molecular complexity index is 782. The van der Waals surface area contributed by atoms with Crippen LogP contribution in [0.1, 0.15) is 12.5 Å². The Hall–Kier alpha value is -1.65. The molecular weight excluding hydrogens is 462 g/mol. The highest BCUT2D eigenvalue weighted by Gasteiger charge is 2.45. The normalized spacial score (nSPS) is 39.0. The molecule has 1 aromatic carbocycles. The van der Waals surface area contributed by atoms with Crippen LogP contribution >= 0.6 is 12.2 Å². The third-order valence-corrected chi connectivity index (χ3v) is 5.73. The Kier molecular flexibility index (Phi) is 8.80. The van der Waals surface area contributed by atoms with Crippen LogP contribution in [0.15, 0.2) is 24.3 Å². The van der Waals surface area contributed by atoms with E-state index in [0.29, 0.717) is 5.75 Å². The molecule has 0 aliphatic carbocycles. The highest BCUT2D eigenvalue weighted by molar-refractivity contribution is 7.80. The van der Waals surface area contributed by atoms with Crippen LogP contribution in [0, 0.1) is 0 Å². The Morgan fingerprint density at radius 2 is 1.48 bits per heavy atom. The minimum atomic E-state index is -1.57. The minimum Gasteiger partial charge on any atom is -0.462 e. The van der Waals surface area contributed by atoms with Gasteiger partial charge in [0.15, 0.2) is 0 Å². The first-order valence-corrected chi connectivity index (χ1v) is 10.7. The number of aliphatic hydroxyl groups is 7. The molecule has 13 heteroatoms. The first-order chi connectivity index (χ1) is 15.6. The van der Waals surface area contributed by atoms with Crippen molar-refractivity contribution in [3.05, 3.63) is 29.8 Å². The SMILES string of the molecule is C[C@@H]1O[C@H](Oc2ccc(CNC(=S)O[C@H]3O[C@H](CO)[C@@H](O)[C@H](O)[C@H]3O)cc2)[C@H](O)[C@H](O)[C@H]1O. The predicted molar refractivity (Wildman–Crippen MR) is 114 cm³/mol. The van der Waals surface area contributed by atoms with Gasteiger partial charge in [0.05, 0.1) is 12.7 Å². The summed E-state index contributed by atoms with van der Waals surface area (Å²) in [6, 6.07) is 6.61. The molecule has 2 heterocycles. The van der Waals surface area contributed by atoms with Crippen LogP contribution < -0.4 is 10.1 Å². The Morgan fingerprint density at radius 1 is 0.879 bits per heavy atom. The smallest absolute Gasteiger partial charge is 0.259 e. The summed E-state index contributed by atoms with van der Waals surface area (Å²) >= 11 is 5.06. The van der Waals surface area contributed by atoms with E-state index in [1.165, 1.54) is 0 Å². The fourth-order valence-electron chi connectivity index (χ4n) is 3.42. The van der Waals surface area contributed by atoms with E-state index in [1.807, 2.05) is 0 Å². The Morgan fingerprint density at radius 3 is 2.12 bits per heavy atom. The predicted octanol–water partition coefficient (Wildman–Crippen LogP) is -2.92. The van der Waals surface area contributed by atoms with Gasteiger partial charge in [0.2, 0.25) is 12.6 Å². The molecule has 8 N–H and O–H groups in total. The van der Waals surface area contributed by atoms with Crippen molar-refractivity contribution in [3.63, 3.8) is 0 Å². The second-order valence-electron chi connectivity index (χ2n) is 7.90. The van der Waals surface area contributed by atoms with Crippen LogP contribution in [0.4, 0.5) is 0 Å². The van der Waals surface area contributed by atoms with Crippen molar-refractivity contribution in [2.24, 2.45) is 0 Å². The van der Waals surface area contributed by atoms with E-state index in [9.17, 15) is 35.7 Å². The lowest BCUT2D eigenvalue weighted by Crippen LogP contribution is -2.59. The number of aliphatic hydroxyl groups excluding tert-OH is 7. The molecule has 1 aromatic rings. The van der Waals surface area contributed by atoms with Crippen LogP contribution in [-0.2, 0) is 20.8 Å². The zero-order valence-electron chi connectivity index (χ0n) is 17.7. The molecule has 0 radical (unpaired) electrons. The van der Waals surface area contributed by atoms with Crippen LogP contribution in [0.25, 0.3) is 0 Å². The van der Waals surface area contributed by atoms with Crippen molar-refractivity contribution < 1.29 is 54.7 Å². The largest absolute Gasteiger partial charge is 0.462 e. The van der Waals surface area contributed by atoms with Gasteiger partial charge in [-0.1, -0.05) is 12.1 Å². The third kappa shape index (κ3) is 6.08. The van der Waals surface area contributed by atoms with Gasteiger partial charge in [0, 0.05) is 6.54 Å². The molecule has 2 aliphatic heterocycles.